The first-order chi connectivity index (χ1) is 8.81. The number of aliphatic hydroxyl groups excluding tert-OH is 1. The smallest absolute Gasteiger partial charge is 0.0827 e. The van der Waals surface area contributed by atoms with E-state index < -0.39 is 6.10 Å². The molecule has 1 nitrogen and oxygen atoms in total. The van der Waals surface area contributed by atoms with E-state index in [9.17, 15) is 0 Å². The van der Waals surface area contributed by atoms with Crippen LogP contribution in [-0.4, -0.2) is 11.2 Å². The maximum atomic E-state index is 9.14. The van der Waals surface area contributed by atoms with Crippen LogP contribution < -0.4 is 0 Å². The minimum Gasteiger partial charge on any atom is -0.388 e. The van der Waals surface area contributed by atoms with E-state index in [0.29, 0.717) is 6.42 Å². The quantitative estimate of drug-likeness (QED) is 0.391. The summed E-state index contributed by atoms with van der Waals surface area (Å²) in [7, 11) is 0. The lowest BCUT2D eigenvalue weighted by Gasteiger charge is -1.93. The van der Waals surface area contributed by atoms with E-state index in [1.807, 2.05) is 0 Å². The molecule has 0 saturated heterocycles. The highest BCUT2D eigenvalue weighted by molar-refractivity contribution is 5.27. The van der Waals surface area contributed by atoms with Gasteiger partial charge in [0.2, 0.25) is 0 Å². The molecule has 0 radical (unpaired) electrons. The first-order valence-corrected chi connectivity index (χ1v) is 6.72. The minimum atomic E-state index is -0.540. The van der Waals surface area contributed by atoms with E-state index in [1.54, 1.807) is 0 Å². The third kappa shape index (κ3) is 12.6. The molecular weight excluding hydrogens is 220 g/mol. The highest BCUT2D eigenvalue weighted by Gasteiger charge is 1.90. The summed E-state index contributed by atoms with van der Waals surface area (Å²) in [4.78, 5) is 0. The summed E-state index contributed by atoms with van der Waals surface area (Å²) in [6.07, 6.45) is 12.8. The van der Waals surface area contributed by atoms with Gasteiger partial charge in [0.25, 0.3) is 0 Å². The summed E-state index contributed by atoms with van der Waals surface area (Å²) in [5.41, 5.74) is 0. The Morgan fingerprint density at radius 2 is 1.89 bits per heavy atom. The van der Waals surface area contributed by atoms with Gasteiger partial charge in [-0.05, 0) is 24.7 Å². The van der Waals surface area contributed by atoms with Crippen molar-refractivity contribution < 1.29 is 5.11 Å². The Kier molecular flexibility index (Phi) is 12.5. The van der Waals surface area contributed by atoms with Crippen molar-refractivity contribution in [3.63, 3.8) is 0 Å². The molecule has 0 aromatic heterocycles. The molecule has 0 saturated carbocycles. The Hall–Kier alpha value is -1.44. The van der Waals surface area contributed by atoms with E-state index >= 15 is 0 Å². The molecule has 0 aliphatic heterocycles. The predicted octanol–water partition coefficient (Wildman–Crippen LogP) is 3.85. The minimum absolute atomic E-state index is 0.408. The van der Waals surface area contributed by atoms with Gasteiger partial charge in [0, 0.05) is 12.8 Å². The van der Waals surface area contributed by atoms with Gasteiger partial charge < -0.3 is 5.11 Å². The molecule has 98 valence electrons. The van der Waals surface area contributed by atoms with Crippen molar-refractivity contribution in [2.24, 2.45) is 0 Å². The second-order valence-electron chi connectivity index (χ2n) is 4.14. The molecule has 1 N–H and O–H groups in total. The Balaban J connectivity index is 3.53. The van der Waals surface area contributed by atoms with Gasteiger partial charge in [0.15, 0.2) is 0 Å². The molecule has 0 aliphatic rings. The van der Waals surface area contributed by atoms with Crippen LogP contribution in [0.15, 0.2) is 24.8 Å². The number of hydrogen-bond acceptors (Lipinski definition) is 1. The fraction of sp³-hybridized carbons (Fsp3) is 0.529. The molecule has 0 amide bonds. The molecule has 0 aliphatic carbocycles. The SMILES string of the molecule is C=CC(O)CC#CC#CC/C=C/CCCCCC. The monoisotopic (exact) mass is 244 g/mol. The van der Waals surface area contributed by atoms with Crippen LogP contribution in [0, 0.1) is 23.7 Å². The van der Waals surface area contributed by atoms with Crippen molar-refractivity contribution in [1.82, 2.24) is 0 Å². The van der Waals surface area contributed by atoms with E-state index in [4.69, 9.17) is 5.11 Å². The normalized spacial score (nSPS) is 11.2. The molecule has 1 heteroatoms. The van der Waals surface area contributed by atoms with Crippen LogP contribution in [0.2, 0.25) is 0 Å². The van der Waals surface area contributed by atoms with E-state index in [1.165, 1.54) is 31.8 Å². The van der Waals surface area contributed by atoms with E-state index in [-0.39, 0.29) is 0 Å². The second-order valence-corrected chi connectivity index (χ2v) is 4.14. The molecule has 0 heterocycles. The van der Waals surface area contributed by atoms with E-state index in [2.05, 4.69) is 49.3 Å². The number of aliphatic hydroxyl groups is 1. The second kappa shape index (κ2) is 13.6. The molecule has 1 atom stereocenters. The van der Waals surface area contributed by atoms with Gasteiger partial charge in [-0.2, -0.15) is 0 Å². The molecular formula is C17H24O. The summed E-state index contributed by atoms with van der Waals surface area (Å²) >= 11 is 0. The number of hydrogen-bond donors (Lipinski definition) is 1. The molecule has 0 bridgehead atoms. The van der Waals surface area contributed by atoms with Crippen molar-refractivity contribution >= 4 is 0 Å². The summed E-state index contributed by atoms with van der Waals surface area (Å²) in [6.45, 7) is 5.70. The zero-order chi connectivity index (χ0) is 13.5. The first-order valence-electron chi connectivity index (χ1n) is 6.72. The van der Waals surface area contributed by atoms with Crippen LogP contribution in [0.25, 0.3) is 0 Å². The van der Waals surface area contributed by atoms with Gasteiger partial charge in [0.05, 0.1) is 6.10 Å². The van der Waals surface area contributed by atoms with Crippen molar-refractivity contribution in [2.45, 2.75) is 58.0 Å². The van der Waals surface area contributed by atoms with Crippen LogP contribution in [0.3, 0.4) is 0 Å². The molecule has 0 aromatic carbocycles. The van der Waals surface area contributed by atoms with Crippen LogP contribution in [-0.2, 0) is 0 Å². The Labute approximate surface area is 112 Å². The fourth-order valence-electron chi connectivity index (χ4n) is 1.33. The van der Waals surface area contributed by atoms with Gasteiger partial charge in [0.1, 0.15) is 0 Å². The topological polar surface area (TPSA) is 20.2 Å². The van der Waals surface area contributed by atoms with E-state index in [0.717, 1.165) is 12.8 Å². The van der Waals surface area contributed by atoms with Crippen LogP contribution in [0.4, 0.5) is 0 Å². The largest absolute Gasteiger partial charge is 0.388 e. The van der Waals surface area contributed by atoms with Crippen molar-refractivity contribution in [3.05, 3.63) is 24.8 Å². The summed E-state index contributed by atoms with van der Waals surface area (Å²) in [6, 6.07) is 0. The van der Waals surface area contributed by atoms with Crippen LogP contribution >= 0.6 is 0 Å². The molecule has 0 rings (SSSR count). The summed E-state index contributed by atoms with van der Waals surface area (Å²) < 4.78 is 0. The average Bonchev–Trinajstić information content (AvgIpc) is 2.39. The molecule has 1 unspecified atom stereocenters. The van der Waals surface area contributed by atoms with Gasteiger partial charge in [-0.3, -0.25) is 0 Å². The molecule has 0 spiro atoms. The lowest BCUT2D eigenvalue weighted by atomic mass is 10.1. The highest BCUT2D eigenvalue weighted by Crippen LogP contribution is 2.02. The Morgan fingerprint density at radius 3 is 2.61 bits per heavy atom. The van der Waals surface area contributed by atoms with Crippen LogP contribution in [0.1, 0.15) is 51.9 Å². The molecule has 0 aromatic rings. The zero-order valence-corrected chi connectivity index (χ0v) is 11.4. The fourth-order valence-corrected chi connectivity index (χ4v) is 1.33. The predicted molar refractivity (Wildman–Crippen MR) is 78.9 cm³/mol. The first kappa shape index (κ1) is 16.6. The van der Waals surface area contributed by atoms with Gasteiger partial charge in [-0.1, -0.05) is 56.3 Å². The Bertz CT molecular complexity index is 343. The van der Waals surface area contributed by atoms with Gasteiger partial charge >= 0.3 is 0 Å². The average molecular weight is 244 g/mol. The summed E-state index contributed by atoms with van der Waals surface area (Å²) in [5, 5.41) is 9.14. The third-order valence-electron chi connectivity index (χ3n) is 2.43. The molecule has 18 heavy (non-hydrogen) atoms. The maximum absolute atomic E-state index is 9.14. The van der Waals surface area contributed by atoms with Crippen LogP contribution in [0.5, 0.6) is 0 Å². The number of unbranched alkanes of at least 4 members (excludes halogenated alkanes) is 4. The lowest BCUT2D eigenvalue weighted by Crippen LogP contribution is -1.97. The highest BCUT2D eigenvalue weighted by atomic mass is 16.3. The maximum Gasteiger partial charge on any atom is 0.0827 e. The third-order valence-corrected chi connectivity index (χ3v) is 2.43. The lowest BCUT2D eigenvalue weighted by molar-refractivity contribution is 0.230. The Morgan fingerprint density at radius 1 is 1.11 bits per heavy atom. The zero-order valence-electron chi connectivity index (χ0n) is 11.4. The number of rotatable bonds is 8. The molecule has 0 fully saturated rings. The standard InChI is InChI=1S/C17H24O/c1-3-5-6-7-8-9-10-11-12-13-14-15-16-17(18)4-2/h4,9-10,17-18H,2-3,5-8,11,16H2,1H3/b10-9+. The van der Waals surface area contributed by atoms with Gasteiger partial charge in [-0.15, -0.1) is 6.58 Å². The van der Waals surface area contributed by atoms with Crippen molar-refractivity contribution in [1.29, 1.82) is 0 Å². The number of allylic oxidation sites excluding steroid dienone is 2. The van der Waals surface area contributed by atoms with Crippen molar-refractivity contribution in [2.75, 3.05) is 0 Å². The van der Waals surface area contributed by atoms with Crippen molar-refractivity contribution in [3.8, 4) is 23.7 Å². The summed E-state index contributed by atoms with van der Waals surface area (Å²) in [5.74, 6) is 11.2. The van der Waals surface area contributed by atoms with Gasteiger partial charge in [-0.25, -0.2) is 0 Å².